The molecule has 1 saturated heterocycles. The number of hydrogen-bond acceptors (Lipinski definition) is 4. The van der Waals surface area contributed by atoms with E-state index >= 15 is 0 Å². The largest absolute Gasteiger partial charge is 0.480 e. The van der Waals surface area contributed by atoms with Crippen LogP contribution in [0.1, 0.15) is 17.0 Å². The molecule has 0 saturated carbocycles. The minimum atomic E-state index is -1.22. The normalized spacial score (nSPS) is 16.0. The molecule has 2 aromatic rings. The Labute approximate surface area is 168 Å². The predicted octanol–water partition coefficient (Wildman–Crippen LogP) is 3.82. The van der Waals surface area contributed by atoms with Crippen molar-refractivity contribution in [1.29, 1.82) is 0 Å². The van der Waals surface area contributed by atoms with Crippen LogP contribution in [0.15, 0.2) is 35.2 Å². The van der Waals surface area contributed by atoms with Gasteiger partial charge in [0.25, 0.3) is 11.1 Å². The van der Waals surface area contributed by atoms with Gasteiger partial charge in [-0.3, -0.25) is 19.3 Å². The maximum Gasteiger partial charge on any atom is 0.323 e. The van der Waals surface area contributed by atoms with Crippen LogP contribution in [0.3, 0.4) is 0 Å². The van der Waals surface area contributed by atoms with Crippen molar-refractivity contribution in [2.45, 2.75) is 13.8 Å². The van der Waals surface area contributed by atoms with Crippen LogP contribution in [-0.4, -0.2) is 38.2 Å². The van der Waals surface area contributed by atoms with Crippen molar-refractivity contribution in [2.24, 2.45) is 0 Å². The maximum atomic E-state index is 12.3. The molecule has 1 fully saturated rings. The van der Waals surface area contributed by atoms with Crippen molar-refractivity contribution >= 4 is 57.5 Å². The lowest BCUT2D eigenvalue weighted by Gasteiger charge is -2.10. The van der Waals surface area contributed by atoms with Crippen LogP contribution in [0, 0.1) is 17.4 Å². The Balaban J connectivity index is 1.96. The number of halogens is 1. The fourth-order valence-corrected chi connectivity index (χ4v) is 4.02. The van der Waals surface area contributed by atoms with E-state index in [4.69, 9.17) is 5.11 Å². The molecule has 0 unspecified atom stereocenters. The molecule has 0 atom stereocenters. The second-order valence-electron chi connectivity index (χ2n) is 5.80. The molecule has 3 rings (SSSR count). The topological polar surface area (TPSA) is 79.6 Å². The van der Waals surface area contributed by atoms with Gasteiger partial charge >= 0.3 is 5.97 Å². The fraction of sp³-hybridized carbons (Fsp3) is 0.167. The third-order valence-corrected chi connectivity index (χ3v) is 5.64. The van der Waals surface area contributed by atoms with Crippen molar-refractivity contribution < 1.29 is 19.5 Å². The van der Waals surface area contributed by atoms with Crippen molar-refractivity contribution in [2.75, 3.05) is 6.54 Å². The summed E-state index contributed by atoms with van der Waals surface area (Å²) in [5, 5.41) is 8.28. The van der Waals surface area contributed by atoms with E-state index in [0.29, 0.717) is 0 Å². The molecule has 1 aromatic carbocycles. The average molecular weight is 482 g/mol. The smallest absolute Gasteiger partial charge is 0.323 e. The lowest BCUT2D eigenvalue weighted by Crippen LogP contribution is -2.33. The van der Waals surface area contributed by atoms with Gasteiger partial charge in [0, 0.05) is 20.6 Å². The lowest BCUT2D eigenvalue weighted by molar-refractivity contribution is -0.140. The van der Waals surface area contributed by atoms with E-state index in [2.05, 4.69) is 27.2 Å². The zero-order valence-electron chi connectivity index (χ0n) is 14.0. The number of carboxylic acid groups (broad SMARTS) is 1. The summed E-state index contributed by atoms with van der Waals surface area (Å²) >= 11 is 3.01. The molecular weight excluding hydrogens is 467 g/mol. The van der Waals surface area contributed by atoms with Crippen LogP contribution in [0.5, 0.6) is 0 Å². The van der Waals surface area contributed by atoms with Gasteiger partial charge in [-0.25, -0.2) is 0 Å². The molecule has 0 radical (unpaired) electrons. The van der Waals surface area contributed by atoms with E-state index in [-0.39, 0.29) is 4.91 Å². The quantitative estimate of drug-likeness (QED) is 0.530. The van der Waals surface area contributed by atoms with E-state index < -0.39 is 23.7 Å². The summed E-state index contributed by atoms with van der Waals surface area (Å²) in [6.45, 7) is 3.29. The molecule has 2 heterocycles. The number of carboxylic acids is 1. The number of benzene rings is 1. The van der Waals surface area contributed by atoms with E-state index in [1.165, 1.54) is 0 Å². The number of aryl methyl sites for hydroxylation is 1. The van der Waals surface area contributed by atoms with Gasteiger partial charge in [0.15, 0.2) is 0 Å². The number of hydrogen-bond donors (Lipinski definition) is 1. The molecule has 1 N–H and O–H groups in total. The van der Waals surface area contributed by atoms with Gasteiger partial charge in [-0.05, 0) is 90.2 Å². The van der Waals surface area contributed by atoms with E-state index in [0.717, 1.165) is 42.9 Å². The standard InChI is InChI=1S/C18H15IN2O4S/c1-10-7-12(11(2)21(10)14-5-3-13(19)4-6-14)8-15-17(24)20(9-16(22)23)18(25)26-15/h3-8H,9H2,1-2H3,(H,22,23). The summed E-state index contributed by atoms with van der Waals surface area (Å²) in [5.74, 6) is -1.79. The summed E-state index contributed by atoms with van der Waals surface area (Å²) < 4.78 is 3.21. The van der Waals surface area contributed by atoms with Gasteiger partial charge in [0.05, 0.1) is 4.91 Å². The first-order chi connectivity index (χ1) is 12.3. The van der Waals surface area contributed by atoms with Gasteiger partial charge < -0.3 is 9.67 Å². The fourth-order valence-electron chi connectivity index (χ4n) is 2.83. The summed E-state index contributed by atoms with van der Waals surface area (Å²) in [7, 11) is 0. The molecule has 0 bridgehead atoms. The highest BCUT2D eigenvalue weighted by Gasteiger charge is 2.36. The summed E-state index contributed by atoms with van der Waals surface area (Å²) in [4.78, 5) is 36.0. The van der Waals surface area contributed by atoms with Crippen LogP contribution in [0.2, 0.25) is 0 Å². The highest BCUT2D eigenvalue weighted by Crippen LogP contribution is 2.33. The highest BCUT2D eigenvalue weighted by molar-refractivity contribution is 14.1. The number of nitrogens with zero attached hydrogens (tertiary/aromatic N) is 2. The Morgan fingerprint density at radius 1 is 1.23 bits per heavy atom. The van der Waals surface area contributed by atoms with Crippen LogP contribution < -0.4 is 0 Å². The maximum absolute atomic E-state index is 12.3. The molecule has 0 spiro atoms. The SMILES string of the molecule is Cc1cc(C=C2SC(=O)N(CC(=O)O)C2=O)c(C)n1-c1ccc(I)cc1. The number of amides is 2. The van der Waals surface area contributed by atoms with E-state index in [1.54, 1.807) is 6.08 Å². The number of rotatable bonds is 4. The zero-order chi connectivity index (χ0) is 19.0. The van der Waals surface area contributed by atoms with Crippen LogP contribution >= 0.6 is 34.4 Å². The van der Waals surface area contributed by atoms with Crippen molar-refractivity contribution in [3.8, 4) is 5.69 Å². The third kappa shape index (κ3) is 3.56. The number of thioether (sulfide) groups is 1. The number of carbonyl (C=O) groups excluding carboxylic acids is 2. The molecule has 2 amide bonds. The average Bonchev–Trinajstić information content (AvgIpc) is 2.99. The molecule has 1 aliphatic heterocycles. The molecule has 6 nitrogen and oxygen atoms in total. The second-order valence-corrected chi connectivity index (χ2v) is 8.04. The van der Waals surface area contributed by atoms with Crippen molar-refractivity contribution in [3.05, 3.63) is 55.8 Å². The minimum absolute atomic E-state index is 0.235. The van der Waals surface area contributed by atoms with Crippen LogP contribution in [-0.2, 0) is 9.59 Å². The molecule has 134 valence electrons. The Hall–Kier alpha value is -2.07. The lowest BCUT2D eigenvalue weighted by atomic mass is 10.2. The minimum Gasteiger partial charge on any atom is -0.480 e. The Bertz CT molecular complexity index is 947. The number of carbonyl (C=O) groups is 3. The van der Waals surface area contributed by atoms with Crippen molar-refractivity contribution in [1.82, 2.24) is 9.47 Å². The van der Waals surface area contributed by atoms with Crippen LogP contribution in [0.4, 0.5) is 4.79 Å². The molecule has 1 aliphatic rings. The van der Waals surface area contributed by atoms with Gasteiger partial charge in [-0.1, -0.05) is 0 Å². The molecule has 8 heteroatoms. The highest BCUT2D eigenvalue weighted by atomic mass is 127. The Morgan fingerprint density at radius 2 is 1.88 bits per heavy atom. The Kier molecular flexibility index (Phi) is 5.24. The zero-order valence-corrected chi connectivity index (χ0v) is 17.0. The summed E-state index contributed by atoms with van der Waals surface area (Å²) in [5.41, 5.74) is 3.77. The first-order valence-electron chi connectivity index (χ1n) is 7.70. The first kappa shape index (κ1) is 18.7. The molecule has 26 heavy (non-hydrogen) atoms. The van der Waals surface area contributed by atoms with E-state index in [1.807, 2.05) is 44.2 Å². The first-order valence-corrected chi connectivity index (χ1v) is 9.59. The van der Waals surface area contributed by atoms with Gasteiger partial charge in [0.1, 0.15) is 6.54 Å². The summed E-state index contributed by atoms with van der Waals surface area (Å²) in [6.07, 6.45) is 1.65. The number of imide groups is 1. The third-order valence-electron chi connectivity index (χ3n) is 4.01. The second kappa shape index (κ2) is 7.28. The molecule has 1 aromatic heterocycles. The predicted molar refractivity (Wildman–Crippen MR) is 108 cm³/mol. The molecule has 0 aliphatic carbocycles. The van der Waals surface area contributed by atoms with E-state index in [9.17, 15) is 14.4 Å². The van der Waals surface area contributed by atoms with Crippen molar-refractivity contribution in [3.63, 3.8) is 0 Å². The molecular formula is C18H15IN2O4S. The van der Waals surface area contributed by atoms with Gasteiger partial charge in [0.2, 0.25) is 0 Å². The Morgan fingerprint density at radius 3 is 2.50 bits per heavy atom. The van der Waals surface area contributed by atoms with Gasteiger partial charge in [-0.2, -0.15) is 0 Å². The van der Waals surface area contributed by atoms with Crippen LogP contribution in [0.25, 0.3) is 11.8 Å². The number of aliphatic carboxylic acids is 1. The van der Waals surface area contributed by atoms with Gasteiger partial charge in [-0.15, -0.1) is 0 Å². The summed E-state index contributed by atoms with van der Waals surface area (Å²) in [6, 6.07) is 10.0. The number of aromatic nitrogens is 1. The monoisotopic (exact) mass is 482 g/mol.